The third-order valence-electron chi connectivity index (χ3n) is 4.53. The van der Waals surface area contributed by atoms with Gasteiger partial charge in [0.25, 0.3) is 0 Å². The molecule has 21 heavy (non-hydrogen) atoms. The van der Waals surface area contributed by atoms with Crippen LogP contribution in [0.25, 0.3) is 0 Å². The van der Waals surface area contributed by atoms with Crippen LogP contribution in [0.1, 0.15) is 51.5 Å². The van der Waals surface area contributed by atoms with Crippen molar-refractivity contribution >= 4 is 11.7 Å². The van der Waals surface area contributed by atoms with Gasteiger partial charge in [0.05, 0.1) is 6.61 Å². The Kier molecular flexibility index (Phi) is 5.27. The van der Waals surface area contributed by atoms with Crippen LogP contribution in [-0.2, 0) is 9.53 Å². The third kappa shape index (κ3) is 3.78. The minimum Gasteiger partial charge on any atom is -0.464 e. The minimum absolute atomic E-state index is 0.0938. The second-order valence-electron chi connectivity index (χ2n) is 6.16. The number of ether oxygens (including phenoxy) is 1. The fourth-order valence-corrected chi connectivity index (χ4v) is 3.27. The van der Waals surface area contributed by atoms with Crippen molar-refractivity contribution in [3.63, 3.8) is 0 Å². The number of nitrogens with one attached hydrogen (secondary N) is 1. The molecule has 2 unspecified atom stereocenters. The Morgan fingerprint density at radius 3 is 2.67 bits per heavy atom. The molecule has 1 saturated carbocycles. The topological polar surface area (TPSA) is 38.3 Å². The SMILES string of the molecule is CCOC(=O)C1(Nc2ccc(C)cc2)CCCC(CC)C1. The highest BCUT2D eigenvalue weighted by atomic mass is 16.5. The minimum atomic E-state index is -0.551. The van der Waals surface area contributed by atoms with Crippen LogP contribution in [-0.4, -0.2) is 18.1 Å². The lowest BCUT2D eigenvalue weighted by Crippen LogP contribution is -2.50. The van der Waals surface area contributed by atoms with Gasteiger partial charge in [0.2, 0.25) is 0 Å². The molecule has 0 saturated heterocycles. The molecule has 0 heterocycles. The van der Waals surface area contributed by atoms with E-state index in [0.29, 0.717) is 12.5 Å². The lowest BCUT2D eigenvalue weighted by Gasteiger charge is -2.40. The largest absolute Gasteiger partial charge is 0.464 e. The van der Waals surface area contributed by atoms with Gasteiger partial charge in [-0.1, -0.05) is 43.9 Å². The summed E-state index contributed by atoms with van der Waals surface area (Å²) < 4.78 is 5.37. The van der Waals surface area contributed by atoms with Gasteiger partial charge in [0, 0.05) is 5.69 Å². The molecule has 2 atom stereocenters. The van der Waals surface area contributed by atoms with Crippen LogP contribution >= 0.6 is 0 Å². The molecule has 1 aromatic carbocycles. The Labute approximate surface area is 128 Å². The van der Waals surface area contributed by atoms with E-state index in [2.05, 4.69) is 31.3 Å². The molecular formula is C18H27NO2. The molecule has 0 spiro atoms. The summed E-state index contributed by atoms with van der Waals surface area (Å²) in [5.41, 5.74) is 1.68. The Morgan fingerprint density at radius 2 is 2.05 bits per heavy atom. The number of esters is 1. The fraction of sp³-hybridized carbons (Fsp3) is 0.611. The third-order valence-corrected chi connectivity index (χ3v) is 4.53. The van der Waals surface area contributed by atoms with E-state index >= 15 is 0 Å². The molecule has 2 rings (SSSR count). The second-order valence-corrected chi connectivity index (χ2v) is 6.16. The van der Waals surface area contributed by atoms with Gasteiger partial charge >= 0.3 is 5.97 Å². The normalized spacial score (nSPS) is 25.4. The fourth-order valence-electron chi connectivity index (χ4n) is 3.27. The highest BCUT2D eigenvalue weighted by Gasteiger charge is 2.43. The molecule has 1 aliphatic rings. The number of carbonyl (C=O) groups excluding carboxylic acids is 1. The summed E-state index contributed by atoms with van der Waals surface area (Å²) in [6, 6.07) is 8.24. The van der Waals surface area contributed by atoms with Crippen LogP contribution in [0.2, 0.25) is 0 Å². The van der Waals surface area contributed by atoms with Crippen LogP contribution in [0, 0.1) is 12.8 Å². The Hall–Kier alpha value is -1.51. The maximum absolute atomic E-state index is 12.6. The quantitative estimate of drug-likeness (QED) is 0.821. The van der Waals surface area contributed by atoms with Crippen molar-refractivity contribution in [1.29, 1.82) is 0 Å². The van der Waals surface area contributed by atoms with Gasteiger partial charge < -0.3 is 10.1 Å². The zero-order valence-corrected chi connectivity index (χ0v) is 13.4. The molecule has 0 radical (unpaired) electrons. The van der Waals surface area contributed by atoms with Crippen LogP contribution < -0.4 is 5.32 Å². The highest BCUT2D eigenvalue weighted by Crippen LogP contribution is 2.37. The monoisotopic (exact) mass is 289 g/mol. The van der Waals surface area contributed by atoms with E-state index in [1.165, 1.54) is 12.0 Å². The molecule has 116 valence electrons. The number of benzene rings is 1. The number of hydrogen-bond acceptors (Lipinski definition) is 3. The maximum atomic E-state index is 12.6. The number of carbonyl (C=O) groups is 1. The molecule has 1 aromatic rings. The second kappa shape index (κ2) is 6.97. The van der Waals surface area contributed by atoms with Crippen molar-refractivity contribution < 1.29 is 9.53 Å². The predicted octanol–water partition coefficient (Wildman–Crippen LogP) is 4.31. The number of aryl methyl sites for hydroxylation is 1. The first-order chi connectivity index (χ1) is 10.1. The Bertz CT molecular complexity index is 469. The van der Waals surface area contributed by atoms with Crippen molar-refractivity contribution in [3.8, 4) is 0 Å². The standard InChI is InChI=1S/C18H27NO2/c1-4-15-7-6-12-18(13-15,17(20)21-5-2)19-16-10-8-14(3)9-11-16/h8-11,15,19H,4-7,12-13H2,1-3H3. The molecule has 0 amide bonds. The van der Waals surface area contributed by atoms with Crippen molar-refractivity contribution in [2.75, 3.05) is 11.9 Å². The van der Waals surface area contributed by atoms with E-state index in [4.69, 9.17) is 4.74 Å². The van der Waals surface area contributed by atoms with Crippen molar-refractivity contribution in [2.24, 2.45) is 5.92 Å². The van der Waals surface area contributed by atoms with Gasteiger partial charge in [-0.3, -0.25) is 0 Å². The van der Waals surface area contributed by atoms with Crippen molar-refractivity contribution in [3.05, 3.63) is 29.8 Å². The summed E-state index contributed by atoms with van der Waals surface area (Å²) in [5, 5.41) is 3.50. The molecular weight excluding hydrogens is 262 g/mol. The van der Waals surface area contributed by atoms with Crippen LogP contribution in [0.15, 0.2) is 24.3 Å². The summed E-state index contributed by atoms with van der Waals surface area (Å²) in [7, 11) is 0. The molecule has 1 N–H and O–H groups in total. The van der Waals surface area contributed by atoms with Crippen LogP contribution in [0.4, 0.5) is 5.69 Å². The summed E-state index contributed by atoms with van der Waals surface area (Å²) >= 11 is 0. The Morgan fingerprint density at radius 1 is 1.33 bits per heavy atom. The molecule has 3 nitrogen and oxygen atoms in total. The van der Waals surface area contributed by atoms with E-state index in [1.807, 2.05) is 19.1 Å². The van der Waals surface area contributed by atoms with E-state index in [1.54, 1.807) is 0 Å². The summed E-state index contributed by atoms with van der Waals surface area (Å²) in [4.78, 5) is 12.6. The number of anilines is 1. The zero-order valence-electron chi connectivity index (χ0n) is 13.4. The summed E-state index contributed by atoms with van der Waals surface area (Å²) in [5.74, 6) is 0.504. The lowest BCUT2D eigenvalue weighted by atomic mass is 9.74. The van der Waals surface area contributed by atoms with E-state index in [-0.39, 0.29) is 5.97 Å². The molecule has 3 heteroatoms. The number of hydrogen-bond donors (Lipinski definition) is 1. The van der Waals surface area contributed by atoms with Crippen molar-refractivity contribution in [1.82, 2.24) is 0 Å². The average molecular weight is 289 g/mol. The molecule has 0 bridgehead atoms. The summed E-state index contributed by atoms with van der Waals surface area (Å²) in [6.45, 7) is 6.58. The van der Waals surface area contributed by atoms with E-state index < -0.39 is 5.54 Å². The zero-order chi connectivity index (χ0) is 15.3. The molecule has 1 aliphatic carbocycles. The first kappa shape index (κ1) is 15.9. The smallest absolute Gasteiger partial charge is 0.331 e. The van der Waals surface area contributed by atoms with Gasteiger partial charge in [-0.25, -0.2) is 4.79 Å². The van der Waals surface area contributed by atoms with Gasteiger partial charge in [-0.15, -0.1) is 0 Å². The van der Waals surface area contributed by atoms with Crippen LogP contribution in [0.5, 0.6) is 0 Å². The van der Waals surface area contributed by atoms with Crippen LogP contribution in [0.3, 0.4) is 0 Å². The highest BCUT2D eigenvalue weighted by molar-refractivity contribution is 5.84. The van der Waals surface area contributed by atoms with E-state index in [9.17, 15) is 4.79 Å². The predicted molar refractivity (Wildman–Crippen MR) is 86.4 cm³/mol. The summed E-state index contributed by atoms with van der Waals surface area (Å²) in [6.07, 6.45) is 5.15. The number of rotatable bonds is 5. The molecule has 0 aromatic heterocycles. The maximum Gasteiger partial charge on any atom is 0.331 e. The lowest BCUT2D eigenvalue weighted by molar-refractivity contribution is -0.150. The van der Waals surface area contributed by atoms with Gasteiger partial charge in [0.15, 0.2) is 0 Å². The Balaban J connectivity index is 2.22. The first-order valence-electron chi connectivity index (χ1n) is 8.11. The van der Waals surface area contributed by atoms with Gasteiger partial charge in [0.1, 0.15) is 5.54 Å². The average Bonchev–Trinajstić information content (AvgIpc) is 2.50. The van der Waals surface area contributed by atoms with E-state index in [0.717, 1.165) is 31.4 Å². The molecule has 0 aliphatic heterocycles. The van der Waals surface area contributed by atoms with Gasteiger partial charge in [-0.2, -0.15) is 0 Å². The van der Waals surface area contributed by atoms with Crippen molar-refractivity contribution in [2.45, 2.75) is 58.4 Å². The van der Waals surface area contributed by atoms with Gasteiger partial charge in [-0.05, 0) is 44.7 Å². The first-order valence-corrected chi connectivity index (χ1v) is 8.11. The molecule has 1 fully saturated rings.